The van der Waals surface area contributed by atoms with Crippen LogP contribution in [0.1, 0.15) is 119 Å². The zero-order chi connectivity index (χ0) is 23.9. The number of hydrogen-bond donors (Lipinski definition) is 0. The number of carbonyl (C=O) groups excluding carboxylic acids is 2. The van der Waals surface area contributed by atoms with Gasteiger partial charge in [0.2, 0.25) is 0 Å². The van der Waals surface area contributed by atoms with Crippen molar-refractivity contribution < 1.29 is 14.3 Å². The maximum atomic E-state index is 13.6. The molecule has 6 fully saturated rings. The summed E-state index contributed by atoms with van der Waals surface area (Å²) in [5.41, 5.74) is -0.0193. The maximum absolute atomic E-state index is 13.6. The molecule has 0 amide bonds. The standard InChI is InChI=1S/C30H46O3/c1-24(2)14-16-29-17-15-28(7)27(6)12-8-19-25(3,4)22(31)10-11-26(19,5)20(27)9-13-30(28,21(29)18-24)33-23(29)32/h19-21H,8-18H2,1-7H3/t19-,20+,21-,26-,27+,28-,29-,30-/m0/s1. The minimum absolute atomic E-state index is 0.0240. The molecule has 0 unspecified atom stereocenters. The van der Waals surface area contributed by atoms with Gasteiger partial charge in [0.25, 0.3) is 0 Å². The molecule has 1 saturated heterocycles. The molecular weight excluding hydrogens is 408 g/mol. The van der Waals surface area contributed by atoms with Gasteiger partial charge in [0.05, 0.1) is 5.41 Å². The van der Waals surface area contributed by atoms with E-state index in [0.29, 0.717) is 29.0 Å². The van der Waals surface area contributed by atoms with Gasteiger partial charge in [-0.1, -0.05) is 48.5 Å². The first-order valence-corrected chi connectivity index (χ1v) is 14.0. The topological polar surface area (TPSA) is 43.4 Å². The first-order valence-electron chi connectivity index (χ1n) is 14.0. The number of ether oxygens (including phenoxy) is 1. The van der Waals surface area contributed by atoms with E-state index in [1.165, 1.54) is 6.42 Å². The molecule has 6 rings (SSSR count). The number of fused-ring (bicyclic) bond motifs is 4. The number of rotatable bonds is 0. The van der Waals surface area contributed by atoms with E-state index in [9.17, 15) is 9.59 Å². The molecular formula is C30H46O3. The summed E-state index contributed by atoms with van der Waals surface area (Å²) in [6.07, 6.45) is 11.8. The van der Waals surface area contributed by atoms with Gasteiger partial charge in [-0.2, -0.15) is 0 Å². The number of esters is 1. The molecule has 1 aliphatic heterocycles. The van der Waals surface area contributed by atoms with Crippen LogP contribution < -0.4 is 0 Å². The lowest BCUT2D eigenvalue weighted by molar-refractivity contribution is -0.278. The van der Waals surface area contributed by atoms with Crippen LogP contribution in [0.4, 0.5) is 0 Å². The second kappa shape index (κ2) is 6.09. The van der Waals surface area contributed by atoms with Crippen molar-refractivity contribution in [1.29, 1.82) is 0 Å². The number of hydrogen-bond acceptors (Lipinski definition) is 3. The van der Waals surface area contributed by atoms with Gasteiger partial charge in [0.15, 0.2) is 0 Å². The minimum atomic E-state index is -0.283. The van der Waals surface area contributed by atoms with Crippen LogP contribution in [0.15, 0.2) is 0 Å². The lowest BCUT2D eigenvalue weighted by atomic mass is 9.31. The Morgan fingerprint density at radius 2 is 1.39 bits per heavy atom. The maximum Gasteiger partial charge on any atom is 0.313 e. The Hall–Kier alpha value is -0.860. The monoisotopic (exact) mass is 454 g/mol. The summed E-state index contributed by atoms with van der Waals surface area (Å²) in [6, 6.07) is 0. The fourth-order valence-corrected chi connectivity index (χ4v) is 11.7. The SMILES string of the molecule is CC1(C)CC[C@@]23CC[C@]4(C)[C@@](CC[C@@H]5[C@@]6(C)CCC(=O)C(C)(C)[C@@H]6CC[C@]54C)(OC2=O)[C@H]3C1. The van der Waals surface area contributed by atoms with Crippen molar-refractivity contribution in [1.82, 2.24) is 0 Å². The summed E-state index contributed by atoms with van der Waals surface area (Å²) in [5, 5.41) is 0. The van der Waals surface area contributed by atoms with E-state index in [1.807, 2.05) is 0 Å². The third-order valence-corrected chi connectivity index (χ3v) is 13.8. The largest absolute Gasteiger partial charge is 0.458 e. The van der Waals surface area contributed by atoms with E-state index in [0.717, 1.165) is 64.2 Å². The normalized spacial score (nSPS) is 56.2. The van der Waals surface area contributed by atoms with Crippen molar-refractivity contribution in [3.8, 4) is 0 Å². The summed E-state index contributed by atoms with van der Waals surface area (Å²) in [6.45, 7) is 16.9. The fraction of sp³-hybridized carbons (Fsp3) is 0.933. The van der Waals surface area contributed by atoms with Crippen LogP contribution >= 0.6 is 0 Å². The average Bonchev–Trinajstić information content (AvgIpc) is 2.89. The number of Topliss-reactive ketones (excluding diaryl/α,β-unsaturated/α-hetero) is 1. The molecule has 0 N–H and O–H groups in total. The van der Waals surface area contributed by atoms with E-state index in [1.54, 1.807) is 0 Å². The second-order valence-corrected chi connectivity index (χ2v) is 15.4. The Morgan fingerprint density at radius 3 is 2.12 bits per heavy atom. The van der Waals surface area contributed by atoms with Crippen molar-refractivity contribution in [2.45, 2.75) is 125 Å². The van der Waals surface area contributed by atoms with Crippen molar-refractivity contribution in [2.24, 2.45) is 50.2 Å². The predicted molar refractivity (Wildman–Crippen MR) is 129 cm³/mol. The van der Waals surface area contributed by atoms with Gasteiger partial charge in [0.1, 0.15) is 11.4 Å². The molecule has 3 nitrogen and oxygen atoms in total. The zero-order valence-corrected chi connectivity index (χ0v) is 22.2. The molecule has 0 radical (unpaired) electrons. The minimum Gasteiger partial charge on any atom is -0.458 e. The molecule has 5 aliphatic carbocycles. The zero-order valence-electron chi connectivity index (χ0n) is 22.2. The Labute approximate surface area is 201 Å². The third kappa shape index (κ3) is 2.30. The highest BCUT2D eigenvalue weighted by atomic mass is 16.6. The lowest BCUT2D eigenvalue weighted by Crippen LogP contribution is -2.71. The third-order valence-electron chi connectivity index (χ3n) is 13.8. The van der Waals surface area contributed by atoms with E-state index in [2.05, 4.69) is 48.5 Å². The molecule has 1 heterocycles. The first-order chi connectivity index (χ1) is 15.2. The first kappa shape index (κ1) is 22.6. The molecule has 0 aromatic rings. The van der Waals surface area contributed by atoms with Crippen LogP contribution in [-0.4, -0.2) is 17.4 Å². The molecule has 184 valence electrons. The molecule has 0 aromatic carbocycles. The Kier molecular flexibility index (Phi) is 4.17. The summed E-state index contributed by atoms with van der Waals surface area (Å²) >= 11 is 0. The van der Waals surface area contributed by atoms with Crippen LogP contribution in [0.5, 0.6) is 0 Å². The highest BCUT2D eigenvalue weighted by Crippen LogP contribution is 2.80. The summed E-state index contributed by atoms with van der Waals surface area (Å²) < 4.78 is 6.76. The molecule has 6 aliphatic rings. The van der Waals surface area contributed by atoms with Crippen LogP contribution in [0.2, 0.25) is 0 Å². The Morgan fingerprint density at radius 1 is 0.727 bits per heavy atom. The van der Waals surface area contributed by atoms with Crippen molar-refractivity contribution in [3.05, 3.63) is 0 Å². The van der Waals surface area contributed by atoms with Crippen LogP contribution in [-0.2, 0) is 14.3 Å². The summed E-state index contributed by atoms with van der Waals surface area (Å²) in [4.78, 5) is 26.6. The highest BCUT2D eigenvalue weighted by molar-refractivity contribution is 5.85. The van der Waals surface area contributed by atoms with Crippen molar-refractivity contribution in [2.75, 3.05) is 0 Å². The lowest BCUT2D eigenvalue weighted by Gasteiger charge is -2.73. The average molecular weight is 455 g/mol. The van der Waals surface area contributed by atoms with Gasteiger partial charge < -0.3 is 4.74 Å². The van der Waals surface area contributed by atoms with Gasteiger partial charge in [-0.15, -0.1) is 0 Å². The Bertz CT molecular complexity index is 933. The molecule has 5 saturated carbocycles. The number of ketones is 1. The Balaban J connectivity index is 1.46. The number of carbonyl (C=O) groups is 2. The van der Waals surface area contributed by atoms with E-state index in [4.69, 9.17) is 4.74 Å². The van der Waals surface area contributed by atoms with E-state index >= 15 is 0 Å². The van der Waals surface area contributed by atoms with Crippen LogP contribution in [0.25, 0.3) is 0 Å². The molecule has 2 bridgehead atoms. The molecule has 0 aromatic heterocycles. The molecule has 8 atom stereocenters. The van der Waals surface area contributed by atoms with Gasteiger partial charge in [-0.3, -0.25) is 9.59 Å². The second-order valence-electron chi connectivity index (χ2n) is 15.4. The van der Waals surface area contributed by atoms with Gasteiger partial charge in [0, 0.05) is 23.2 Å². The van der Waals surface area contributed by atoms with E-state index < -0.39 is 0 Å². The van der Waals surface area contributed by atoms with Crippen LogP contribution in [0, 0.1) is 50.2 Å². The molecule has 1 spiro atoms. The fourth-order valence-electron chi connectivity index (χ4n) is 11.7. The molecule has 33 heavy (non-hydrogen) atoms. The van der Waals surface area contributed by atoms with E-state index in [-0.39, 0.29) is 38.6 Å². The van der Waals surface area contributed by atoms with Gasteiger partial charge in [-0.05, 0) is 92.3 Å². The van der Waals surface area contributed by atoms with Gasteiger partial charge in [-0.25, -0.2) is 0 Å². The van der Waals surface area contributed by atoms with Crippen LogP contribution in [0.3, 0.4) is 0 Å². The quantitative estimate of drug-likeness (QED) is 0.366. The summed E-state index contributed by atoms with van der Waals surface area (Å²) in [5.74, 6) is 2.09. The van der Waals surface area contributed by atoms with Crippen molar-refractivity contribution >= 4 is 11.8 Å². The van der Waals surface area contributed by atoms with Crippen molar-refractivity contribution in [3.63, 3.8) is 0 Å². The smallest absolute Gasteiger partial charge is 0.313 e. The highest BCUT2D eigenvalue weighted by Gasteiger charge is 2.80. The predicted octanol–water partition coefficient (Wildman–Crippen LogP) is 7.12. The molecule has 3 heteroatoms. The van der Waals surface area contributed by atoms with Gasteiger partial charge >= 0.3 is 5.97 Å². The summed E-state index contributed by atoms with van der Waals surface area (Å²) in [7, 11) is 0.